The summed E-state index contributed by atoms with van der Waals surface area (Å²) < 4.78 is 0. The minimum Gasteiger partial charge on any atom is -0.481 e. The number of benzene rings is 1. The van der Waals surface area contributed by atoms with Crippen LogP contribution in [-0.4, -0.2) is 17.0 Å². The van der Waals surface area contributed by atoms with Gasteiger partial charge >= 0.3 is 5.97 Å². The Hall–Kier alpha value is -2.10. The van der Waals surface area contributed by atoms with Gasteiger partial charge in [-0.3, -0.25) is 9.59 Å². The van der Waals surface area contributed by atoms with Crippen LogP contribution in [0, 0.1) is 30.6 Å². The molecule has 23 heavy (non-hydrogen) atoms. The molecule has 1 aromatic carbocycles. The monoisotopic (exact) mass is 313 g/mol. The van der Waals surface area contributed by atoms with Gasteiger partial charge in [0.15, 0.2) is 0 Å². The lowest BCUT2D eigenvalue weighted by Crippen LogP contribution is -2.41. The number of carbonyl (C=O) groups excluding carboxylic acids is 1. The molecule has 2 aliphatic rings. The molecule has 4 heteroatoms. The second-order valence-corrected chi connectivity index (χ2v) is 6.72. The van der Waals surface area contributed by atoms with Crippen molar-refractivity contribution < 1.29 is 14.7 Å². The molecule has 2 bridgehead atoms. The molecular formula is C19H23NO3. The molecule has 0 spiro atoms. The Labute approximate surface area is 136 Å². The maximum Gasteiger partial charge on any atom is 0.307 e. The third-order valence-corrected chi connectivity index (χ3v) is 5.25. The van der Waals surface area contributed by atoms with E-state index in [0.717, 1.165) is 18.4 Å². The number of nitrogens with one attached hydrogen (secondary N) is 1. The van der Waals surface area contributed by atoms with Gasteiger partial charge in [0.2, 0.25) is 5.91 Å². The Morgan fingerprint density at radius 3 is 2.35 bits per heavy atom. The lowest BCUT2D eigenvalue weighted by Gasteiger charge is -2.26. The van der Waals surface area contributed by atoms with E-state index in [1.54, 1.807) is 0 Å². The van der Waals surface area contributed by atoms with Gasteiger partial charge in [0.1, 0.15) is 0 Å². The fourth-order valence-corrected chi connectivity index (χ4v) is 4.00. The average Bonchev–Trinajstić information content (AvgIpc) is 3.14. The topological polar surface area (TPSA) is 66.4 Å². The first-order valence-corrected chi connectivity index (χ1v) is 8.29. The van der Waals surface area contributed by atoms with Crippen molar-refractivity contribution in [3.63, 3.8) is 0 Å². The Bertz CT molecular complexity index is 635. The van der Waals surface area contributed by atoms with Crippen molar-refractivity contribution in [2.75, 3.05) is 0 Å². The number of rotatable bonds is 5. The van der Waals surface area contributed by atoms with Crippen molar-refractivity contribution in [1.82, 2.24) is 5.32 Å². The highest BCUT2D eigenvalue weighted by atomic mass is 16.4. The molecule has 2 N–H and O–H groups in total. The van der Waals surface area contributed by atoms with Crippen molar-refractivity contribution in [1.29, 1.82) is 0 Å². The van der Waals surface area contributed by atoms with Gasteiger partial charge in [0.05, 0.1) is 17.9 Å². The Balaban J connectivity index is 1.76. The second-order valence-electron chi connectivity index (χ2n) is 6.72. The summed E-state index contributed by atoms with van der Waals surface area (Å²) in [4.78, 5) is 24.3. The van der Waals surface area contributed by atoms with E-state index < -0.39 is 17.8 Å². The van der Waals surface area contributed by atoms with Crippen LogP contribution in [0.5, 0.6) is 0 Å². The summed E-state index contributed by atoms with van der Waals surface area (Å²) in [6.07, 6.45) is 5.55. The number of hydrogen-bond donors (Lipinski definition) is 2. The zero-order chi connectivity index (χ0) is 16.6. The summed E-state index contributed by atoms with van der Waals surface area (Å²) in [5, 5.41) is 12.6. The molecule has 1 fully saturated rings. The molecule has 5 atom stereocenters. The maximum atomic E-state index is 12.8. The number of aryl methyl sites for hydroxylation is 1. The summed E-state index contributed by atoms with van der Waals surface area (Å²) in [6, 6.07) is 8.05. The number of carboxylic acid groups (broad SMARTS) is 1. The van der Waals surface area contributed by atoms with E-state index in [0.29, 0.717) is 0 Å². The van der Waals surface area contributed by atoms with Gasteiger partial charge in [-0.1, -0.05) is 48.9 Å². The van der Waals surface area contributed by atoms with Crippen molar-refractivity contribution >= 4 is 11.9 Å². The highest BCUT2D eigenvalue weighted by molar-refractivity contribution is 5.87. The number of carbonyl (C=O) groups is 2. The maximum absolute atomic E-state index is 12.8. The molecule has 0 heterocycles. The summed E-state index contributed by atoms with van der Waals surface area (Å²) in [5.41, 5.74) is 2.25. The van der Waals surface area contributed by atoms with Crippen LogP contribution in [0.15, 0.2) is 36.4 Å². The summed E-state index contributed by atoms with van der Waals surface area (Å²) in [7, 11) is 0. The van der Waals surface area contributed by atoms with Gasteiger partial charge in [-0.15, -0.1) is 0 Å². The van der Waals surface area contributed by atoms with Crippen molar-refractivity contribution in [2.24, 2.45) is 23.7 Å². The van der Waals surface area contributed by atoms with Crippen LogP contribution in [-0.2, 0) is 9.59 Å². The van der Waals surface area contributed by atoms with Crippen molar-refractivity contribution in [3.8, 4) is 0 Å². The molecule has 0 radical (unpaired) electrons. The standard InChI is InChI=1S/C19H23NO3/c1-3-15(12-6-4-11(2)5-7-12)20-18(21)16-13-8-9-14(10-13)17(16)19(22)23/h4-9,13-17H,3,10H2,1-2H3,(H,20,21)(H,22,23)/t13-,14+,15-,16+,17+/m1/s1. The highest BCUT2D eigenvalue weighted by Crippen LogP contribution is 2.48. The van der Waals surface area contributed by atoms with Crippen molar-refractivity contribution in [2.45, 2.75) is 32.7 Å². The van der Waals surface area contributed by atoms with Crippen LogP contribution in [0.25, 0.3) is 0 Å². The molecule has 1 aromatic rings. The zero-order valence-electron chi connectivity index (χ0n) is 13.5. The zero-order valence-corrected chi connectivity index (χ0v) is 13.5. The summed E-state index contributed by atoms with van der Waals surface area (Å²) >= 11 is 0. The van der Waals surface area contributed by atoms with Crippen LogP contribution >= 0.6 is 0 Å². The van der Waals surface area contributed by atoms with E-state index in [9.17, 15) is 14.7 Å². The summed E-state index contributed by atoms with van der Waals surface area (Å²) in [5.74, 6) is -1.93. The third-order valence-electron chi connectivity index (χ3n) is 5.25. The van der Waals surface area contributed by atoms with Gasteiger partial charge in [-0.2, -0.15) is 0 Å². The molecule has 2 aliphatic carbocycles. The molecule has 4 nitrogen and oxygen atoms in total. The quantitative estimate of drug-likeness (QED) is 0.821. The van der Waals surface area contributed by atoms with E-state index in [1.807, 2.05) is 50.3 Å². The molecule has 0 aromatic heterocycles. The molecule has 1 saturated carbocycles. The van der Waals surface area contributed by atoms with Crippen LogP contribution in [0.1, 0.15) is 36.9 Å². The average molecular weight is 313 g/mol. The van der Waals surface area contributed by atoms with Crippen LogP contribution in [0.3, 0.4) is 0 Å². The minimum absolute atomic E-state index is 0.00713. The molecule has 0 aliphatic heterocycles. The Morgan fingerprint density at radius 1 is 1.17 bits per heavy atom. The number of aliphatic carboxylic acids is 1. The lowest BCUT2D eigenvalue weighted by molar-refractivity contribution is -0.148. The number of carboxylic acids is 1. The SMILES string of the molecule is CC[C@@H](NC(=O)[C@@H]1[C@@H](C(=O)O)[C@H]2C=C[C@@H]1C2)c1ccc(C)cc1. The van der Waals surface area contributed by atoms with Gasteiger partial charge in [0.25, 0.3) is 0 Å². The molecule has 122 valence electrons. The van der Waals surface area contributed by atoms with Gasteiger partial charge in [0, 0.05) is 0 Å². The molecular weight excluding hydrogens is 290 g/mol. The van der Waals surface area contributed by atoms with E-state index >= 15 is 0 Å². The predicted molar refractivity (Wildman–Crippen MR) is 87.7 cm³/mol. The van der Waals surface area contributed by atoms with Gasteiger partial charge in [-0.05, 0) is 37.2 Å². The number of hydrogen-bond acceptors (Lipinski definition) is 2. The molecule has 0 unspecified atom stereocenters. The summed E-state index contributed by atoms with van der Waals surface area (Å²) in [6.45, 7) is 4.06. The first-order chi connectivity index (χ1) is 11.0. The van der Waals surface area contributed by atoms with E-state index in [1.165, 1.54) is 5.56 Å². The van der Waals surface area contributed by atoms with Crippen LogP contribution in [0.4, 0.5) is 0 Å². The minimum atomic E-state index is -0.856. The fourth-order valence-electron chi connectivity index (χ4n) is 4.00. The van der Waals surface area contributed by atoms with Gasteiger partial charge in [-0.25, -0.2) is 0 Å². The largest absolute Gasteiger partial charge is 0.481 e. The predicted octanol–water partition coefficient (Wildman–Crippen LogP) is 3.09. The van der Waals surface area contributed by atoms with Gasteiger partial charge < -0.3 is 10.4 Å². The Kier molecular flexibility index (Phi) is 4.24. The first-order valence-electron chi connectivity index (χ1n) is 8.29. The van der Waals surface area contributed by atoms with Crippen LogP contribution < -0.4 is 5.32 Å². The molecule has 1 amide bonds. The molecule has 0 saturated heterocycles. The van der Waals surface area contributed by atoms with E-state index in [2.05, 4.69) is 5.32 Å². The number of fused-ring (bicyclic) bond motifs is 2. The smallest absolute Gasteiger partial charge is 0.307 e. The second kappa shape index (κ2) is 6.19. The van der Waals surface area contributed by atoms with E-state index in [4.69, 9.17) is 0 Å². The molecule has 3 rings (SSSR count). The van der Waals surface area contributed by atoms with Crippen LogP contribution in [0.2, 0.25) is 0 Å². The first kappa shape index (κ1) is 15.8. The van der Waals surface area contributed by atoms with Crippen molar-refractivity contribution in [3.05, 3.63) is 47.5 Å². The third kappa shape index (κ3) is 2.90. The lowest BCUT2D eigenvalue weighted by atomic mass is 9.82. The number of allylic oxidation sites excluding steroid dienone is 2. The normalized spacial score (nSPS) is 29.5. The number of amides is 1. The highest BCUT2D eigenvalue weighted by Gasteiger charge is 2.51. The fraction of sp³-hybridized carbons (Fsp3) is 0.474. The Morgan fingerprint density at radius 2 is 1.78 bits per heavy atom. The van der Waals surface area contributed by atoms with E-state index in [-0.39, 0.29) is 23.8 Å².